The predicted octanol–water partition coefficient (Wildman–Crippen LogP) is 5.25. The van der Waals surface area contributed by atoms with Crippen molar-refractivity contribution in [1.29, 1.82) is 0 Å². The number of Topliss-reactive ketones (excluding diaryl/α,β-unsaturated/α-hetero) is 1. The number of esters is 1. The summed E-state index contributed by atoms with van der Waals surface area (Å²) in [5, 5.41) is 12.2. The number of likely N-dealkylation sites (N-methyl/N-ethyl adjacent to an activating group) is 1. The molecular formula is C30H32ClN3O6. The molecule has 1 amide bonds. The van der Waals surface area contributed by atoms with Crippen molar-refractivity contribution in [3.8, 4) is 5.75 Å². The van der Waals surface area contributed by atoms with Crippen molar-refractivity contribution in [3.63, 3.8) is 0 Å². The molecule has 0 heterocycles. The molecular weight excluding hydrogens is 534 g/mol. The molecule has 0 saturated carbocycles. The summed E-state index contributed by atoms with van der Waals surface area (Å²) in [6.45, 7) is 6.84. The summed E-state index contributed by atoms with van der Waals surface area (Å²) in [5.41, 5.74) is 2.20. The second-order valence-corrected chi connectivity index (χ2v) is 9.07. The molecule has 3 aromatic carbocycles. The third-order valence-electron chi connectivity index (χ3n) is 6.04. The minimum atomic E-state index is -0.803. The van der Waals surface area contributed by atoms with Crippen LogP contribution in [0.3, 0.4) is 0 Å². The minimum absolute atomic E-state index is 0.00734. The minimum Gasteiger partial charge on any atom is -0.497 e. The number of aliphatic hydroxyl groups is 1. The molecule has 9 nitrogen and oxygen atoms in total. The number of ketones is 1. The monoisotopic (exact) mass is 565 g/mol. The number of aryl methyl sites for hydroxylation is 1. The zero-order valence-corrected chi connectivity index (χ0v) is 23.6. The van der Waals surface area contributed by atoms with E-state index in [2.05, 4.69) is 10.3 Å². The number of aliphatic imine (C=N–C) groups is 1. The highest BCUT2D eigenvalue weighted by atomic mass is 35.5. The maximum atomic E-state index is 13.6. The van der Waals surface area contributed by atoms with E-state index >= 15 is 0 Å². The number of halogens is 1. The van der Waals surface area contributed by atoms with Gasteiger partial charge >= 0.3 is 5.97 Å². The van der Waals surface area contributed by atoms with Crippen molar-refractivity contribution in [2.24, 2.45) is 4.99 Å². The van der Waals surface area contributed by atoms with Gasteiger partial charge in [-0.25, -0.2) is 9.79 Å². The molecule has 0 aliphatic carbocycles. The zero-order valence-electron chi connectivity index (χ0n) is 22.9. The van der Waals surface area contributed by atoms with Crippen LogP contribution in [0.15, 0.2) is 65.7 Å². The number of carbonyl (C=O) groups excluding carboxylic acids is 3. The van der Waals surface area contributed by atoms with Crippen LogP contribution in [0.1, 0.15) is 40.1 Å². The number of rotatable bonds is 12. The van der Waals surface area contributed by atoms with Crippen LogP contribution in [0.25, 0.3) is 0 Å². The lowest BCUT2D eigenvalue weighted by molar-refractivity contribution is -0.110. The van der Waals surface area contributed by atoms with Crippen molar-refractivity contribution in [1.82, 2.24) is 0 Å². The first-order valence-corrected chi connectivity index (χ1v) is 13.1. The number of aliphatic hydroxyl groups excluding tert-OH is 1. The molecule has 0 saturated heterocycles. The van der Waals surface area contributed by atoms with Gasteiger partial charge in [-0.15, -0.1) is 0 Å². The van der Waals surface area contributed by atoms with Gasteiger partial charge in [-0.05, 0) is 87.0 Å². The average Bonchev–Trinajstić information content (AvgIpc) is 2.96. The molecule has 10 heteroatoms. The summed E-state index contributed by atoms with van der Waals surface area (Å²) in [5.74, 6) is -1.44. The molecule has 40 heavy (non-hydrogen) atoms. The molecule has 3 aromatic rings. The van der Waals surface area contributed by atoms with Gasteiger partial charge in [0.05, 0.1) is 42.3 Å². The number of hydrogen-bond donors (Lipinski definition) is 2. The van der Waals surface area contributed by atoms with Gasteiger partial charge in [0.15, 0.2) is 5.71 Å². The molecule has 0 aromatic heterocycles. The fourth-order valence-electron chi connectivity index (χ4n) is 3.90. The van der Waals surface area contributed by atoms with Crippen LogP contribution in [0.5, 0.6) is 5.75 Å². The topological polar surface area (TPSA) is 118 Å². The number of hydrogen-bond acceptors (Lipinski definition) is 8. The summed E-state index contributed by atoms with van der Waals surface area (Å²) in [4.78, 5) is 45.8. The molecule has 0 fully saturated rings. The Morgan fingerprint density at radius 1 is 1.00 bits per heavy atom. The van der Waals surface area contributed by atoms with E-state index in [1.165, 1.54) is 25.3 Å². The maximum absolute atomic E-state index is 13.6. The van der Waals surface area contributed by atoms with Crippen LogP contribution < -0.4 is 15.0 Å². The molecule has 0 aliphatic heterocycles. The van der Waals surface area contributed by atoms with E-state index < -0.39 is 17.7 Å². The predicted molar refractivity (Wildman–Crippen MR) is 157 cm³/mol. The summed E-state index contributed by atoms with van der Waals surface area (Å²) >= 11 is 6.30. The highest BCUT2D eigenvalue weighted by Crippen LogP contribution is 2.27. The number of benzene rings is 3. The van der Waals surface area contributed by atoms with Crippen LogP contribution in [-0.4, -0.2) is 61.9 Å². The SMILES string of the molecule is CCOC(=O)c1ccc(Cl)c(NC(=O)C(=Nc2ccc(N(CC)CCO)cc2C)C(=O)c2ccc(OC)cc2)c1. The second kappa shape index (κ2) is 14.3. The number of nitrogens with zero attached hydrogens (tertiary/aromatic N) is 2. The zero-order chi connectivity index (χ0) is 29.2. The summed E-state index contributed by atoms with van der Waals surface area (Å²) in [6.07, 6.45) is 0. The van der Waals surface area contributed by atoms with E-state index in [-0.39, 0.29) is 40.8 Å². The lowest BCUT2D eigenvalue weighted by atomic mass is 10.0. The van der Waals surface area contributed by atoms with Crippen LogP contribution >= 0.6 is 11.6 Å². The smallest absolute Gasteiger partial charge is 0.338 e. The first-order valence-electron chi connectivity index (χ1n) is 12.7. The Kier molecular flexibility index (Phi) is 10.8. The quantitative estimate of drug-likeness (QED) is 0.133. The third kappa shape index (κ3) is 7.46. The molecule has 0 bridgehead atoms. The van der Waals surface area contributed by atoms with Crippen molar-refractivity contribution < 1.29 is 29.0 Å². The van der Waals surface area contributed by atoms with Gasteiger partial charge in [0, 0.05) is 24.3 Å². The number of methoxy groups -OCH3 is 1. The van der Waals surface area contributed by atoms with Crippen LogP contribution in [-0.2, 0) is 9.53 Å². The van der Waals surface area contributed by atoms with E-state index in [4.69, 9.17) is 21.1 Å². The number of carbonyl (C=O) groups is 3. The molecule has 210 valence electrons. The highest BCUT2D eigenvalue weighted by Gasteiger charge is 2.24. The fraction of sp³-hybridized carbons (Fsp3) is 0.267. The highest BCUT2D eigenvalue weighted by molar-refractivity contribution is 6.70. The first kappa shape index (κ1) is 30.3. The van der Waals surface area contributed by atoms with Crippen LogP contribution in [0.4, 0.5) is 17.1 Å². The molecule has 2 N–H and O–H groups in total. The van der Waals surface area contributed by atoms with E-state index in [9.17, 15) is 19.5 Å². The Hall–Kier alpha value is -4.21. The van der Waals surface area contributed by atoms with Crippen LogP contribution in [0, 0.1) is 6.92 Å². The number of nitrogens with one attached hydrogen (secondary N) is 1. The number of ether oxygens (including phenoxy) is 2. The molecule has 3 rings (SSSR count). The van der Waals surface area contributed by atoms with Gasteiger partial charge in [0.2, 0.25) is 5.78 Å². The third-order valence-corrected chi connectivity index (χ3v) is 6.37. The van der Waals surface area contributed by atoms with E-state index in [1.54, 1.807) is 37.3 Å². The molecule has 0 unspecified atom stereocenters. The summed E-state index contributed by atoms with van der Waals surface area (Å²) in [6, 6.07) is 16.1. The molecule has 0 aliphatic rings. The summed E-state index contributed by atoms with van der Waals surface area (Å²) in [7, 11) is 1.51. The fourth-order valence-corrected chi connectivity index (χ4v) is 4.07. The summed E-state index contributed by atoms with van der Waals surface area (Å²) < 4.78 is 10.2. The van der Waals surface area contributed by atoms with Gasteiger partial charge in [-0.2, -0.15) is 0 Å². The lowest BCUT2D eigenvalue weighted by Gasteiger charge is -2.22. The van der Waals surface area contributed by atoms with Crippen LogP contribution in [0.2, 0.25) is 5.02 Å². The van der Waals surface area contributed by atoms with Gasteiger partial charge < -0.3 is 24.8 Å². The van der Waals surface area contributed by atoms with Crippen molar-refractivity contribution in [2.45, 2.75) is 20.8 Å². The standard InChI is InChI=1S/C30H32ClN3O6/c1-5-34(15-16-35)22-10-14-25(19(3)17-22)32-27(28(36)20-7-11-23(39-4)12-8-20)29(37)33-26-18-21(9-13-24(26)31)30(38)40-6-2/h7-14,17-18,35H,5-6,15-16H2,1-4H3,(H,33,37). The van der Waals surface area contributed by atoms with Gasteiger partial charge in [0.1, 0.15) is 5.75 Å². The Balaban J connectivity index is 2.04. The average molecular weight is 566 g/mol. The van der Waals surface area contributed by atoms with Crippen molar-refractivity contribution >= 4 is 52.0 Å². The number of anilines is 2. The Bertz CT molecular complexity index is 1410. The van der Waals surface area contributed by atoms with Crippen molar-refractivity contribution in [2.75, 3.05) is 43.6 Å². The van der Waals surface area contributed by atoms with Gasteiger partial charge in [-0.3, -0.25) is 9.59 Å². The van der Waals surface area contributed by atoms with E-state index in [0.717, 1.165) is 11.3 Å². The maximum Gasteiger partial charge on any atom is 0.338 e. The first-order chi connectivity index (χ1) is 19.2. The van der Waals surface area contributed by atoms with Gasteiger partial charge in [0.25, 0.3) is 5.91 Å². The number of amides is 1. The Labute approximate surface area is 238 Å². The van der Waals surface area contributed by atoms with E-state index in [0.29, 0.717) is 24.5 Å². The lowest BCUT2D eigenvalue weighted by Crippen LogP contribution is -2.30. The molecule has 0 radical (unpaired) electrons. The Morgan fingerprint density at radius 2 is 1.70 bits per heavy atom. The molecule has 0 spiro atoms. The second-order valence-electron chi connectivity index (χ2n) is 8.66. The molecule has 0 atom stereocenters. The largest absolute Gasteiger partial charge is 0.497 e. The Morgan fingerprint density at radius 3 is 2.30 bits per heavy atom. The van der Waals surface area contributed by atoms with Crippen molar-refractivity contribution in [3.05, 3.63) is 82.4 Å². The van der Waals surface area contributed by atoms with Gasteiger partial charge in [-0.1, -0.05) is 11.6 Å². The normalized spacial score (nSPS) is 11.1. The van der Waals surface area contributed by atoms with E-state index in [1.807, 2.05) is 30.9 Å².